The van der Waals surface area contributed by atoms with Gasteiger partial charge in [0.2, 0.25) is 0 Å². The number of unbranched alkanes of at least 4 members (excludes halogenated alkanes) is 33. The van der Waals surface area contributed by atoms with E-state index in [-0.39, 0.29) is 31.1 Å². The molecular weight excluding hydrogens is 709 g/mol. The molecule has 0 fully saturated rings. The van der Waals surface area contributed by atoms with Crippen LogP contribution >= 0.6 is 0 Å². The van der Waals surface area contributed by atoms with Crippen LogP contribution in [0.25, 0.3) is 0 Å². The first-order chi connectivity index (χ1) is 27.9. The lowest BCUT2D eigenvalue weighted by Gasteiger charge is -2.18. The van der Waals surface area contributed by atoms with Crippen LogP contribution in [0.1, 0.15) is 285 Å². The van der Waals surface area contributed by atoms with Crippen molar-refractivity contribution in [1.82, 2.24) is 0 Å². The Morgan fingerprint density at radius 1 is 0.333 bits per heavy atom. The van der Waals surface area contributed by atoms with Crippen LogP contribution in [0.3, 0.4) is 0 Å². The first kappa shape index (κ1) is 55.4. The number of carbonyl (C=O) groups excluding carboxylic acids is 3. The van der Waals surface area contributed by atoms with E-state index in [1.807, 2.05) is 0 Å². The lowest BCUT2D eigenvalue weighted by molar-refractivity contribution is -0.167. The molecule has 0 aliphatic carbocycles. The molecule has 0 heterocycles. The van der Waals surface area contributed by atoms with Gasteiger partial charge < -0.3 is 14.2 Å². The monoisotopic (exact) mass is 807 g/mol. The van der Waals surface area contributed by atoms with Gasteiger partial charge >= 0.3 is 17.9 Å². The zero-order valence-electron chi connectivity index (χ0n) is 38.8. The molecule has 0 aromatic carbocycles. The predicted molar refractivity (Wildman–Crippen MR) is 243 cm³/mol. The lowest BCUT2D eigenvalue weighted by Crippen LogP contribution is -2.30. The molecule has 0 amide bonds. The topological polar surface area (TPSA) is 78.9 Å². The third kappa shape index (κ3) is 45.3. The summed E-state index contributed by atoms with van der Waals surface area (Å²) in [5, 5.41) is 0. The van der Waals surface area contributed by atoms with Crippen LogP contribution in [0.5, 0.6) is 0 Å². The zero-order valence-corrected chi connectivity index (χ0v) is 38.8. The Kier molecular flexibility index (Phi) is 44.2. The van der Waals surface area contributed by atoms with Gasteiger partial charge in [0, 0.05) is 19.3 Å². The van der Waals surface area contributed by atoms with E-state index in [1.54, 1.807) is 0 Å². The molecule has 6 heteroatoms. The van der Waals surface area contributed by atoms with E-state index in [4.69, 9.17) is 14.2 Å². The predicted octanol–water partition coefficient (Wildman–Crippen LogP) is 16.3. The zero-order chi connectivity index (χ0) is 41.7. The van der Waals surface area contributed by atoms with Crippen molar-refractivity contribution in [2.45, 2.75) is 291 Å². The molecule has 1 atom stereocenters. The second-order valence-electron chi connectivity index (χ2n) is 17.9. The van der Waals surface area contributed by atoms with Crippen molar-refractivity contribution < 1.29 is 28.6 Å². The van der Waals surface area contributed by atoms with Crippen LogP contribution in [0.2, 0.25) is 0 Å². The fraction of sp³-hybridized carbons (Fsp3) is 0.941. The molecule has 0 aromatic rings. The third-order valence-corrected chi connectivity index (χ3v) is 11.5. The lowest BCUT2D eigenvalue weighted by atomic mass is 10.0. The molecule has 0 unspecified atom stereocenters. The second-order valence-corrected chi connectivity index (χ2v) is 17.9. The maximum absolute atomic E-state index is 12.8. The van der Waals surface area contributed by atoms with E-state index in [0.29, 0.717) is 19.3 Å². The van der Waals surface area contributed by atoms with Crippen LogP contribution in [-0.2, 0) is 28.6 Å². The summed E-state index contributed by atoms with van der Waals surface area (Å²) in [5.41, 5.74) is 0. The van der Waals surface area contributed by atoms with Crippen LogP contribution < -0.4 is 0 Å². The molecule has 338 valence electrons. The molecule has 0 N–H and O–H groups in total. The van der Waals surface area contributed by atoms with E-state index in [2.05, 4.69) is 27.7 Å². The molecule has 0 radical (unpaired) electrons. The van der Waals surface area contributed by atoms with Gasteiger partial charge in [0.05, 0.1) is 0 Å². The van der Waals surface area contributed by atoms with Crippen molar-refractivity contribution in [2.75, 3.05) is 13.2 Å². The van der Waals surface area contributed by atoms with E-state index in [9.17, 15) is 14.4 Å². The fourth-order valence-corrected chi connectivity index (χ4v) is 7.69. The van der Waals surface area contributed by atoms with Gasteiger partial charge in [0.25, 0.3) is 0 Å². The average molecular weight is 807 g/mol. The second kappa shape index (κ2) is 45.5. The summed E-state index contributed by atoms with van der Waals surface area (Å²) in [7, 11) is 0. The first-order valence-electron chi connectivity index (χ1n) is 25.4. The van der Waals surface area contributed by atoms with Gasteiger partial charge in [-0.3, -0.25) is 14.4 Å². The summed E-state index contributed by atoms with van der Waals surface area (Å²) in [5.74, 6) is -0.0146. The smallest absolute Gasteiger partial charge is 0.306 e. The van der Waals surface area contributed by atoms with Crippen molar-refractivity contribution in [3.05, 3.63) is 0 Å². The van der Waals surface area contributed by atoms with Crippen molar-refractivity contribution in [1.29, 1.82) is 0 Å². The molecule has 0 bridgehead atoms. The van der Waals surface area contributed by atoms with Gasteiger partial charge in [-0.05, 0) is 25.2 Å². The Balaban J connectivity index is 4.29. The first-order valence-corrected chi connectivity index (χ1v) is 25.4. The van der Waals surface area contributed by atoms with Crippen LogP contribution in [0, 0.1) is 5.92 Å². The highest BCUT2D eigenvalue weighted by Gasteiger charge is 2.19. The maximum Gasteiger partial charge on any atom is 0.306 e. The molecule has 0 aliphatic heterocycles. The Morgan fingerprint density at radius 3 is 0.860 bits per heavy atom. The maximum atomic E-state index is 12.8. The van der Waals surface area contributed by atoms with Crippen molar-refractivity contribution in [3.63, 3.8) is 0 Å². The molecule has 0 aromatic heterocycles. The molecule has 0 aliphatic rings. The SMILES string of the molecule is CCCCCCCCCCCCCCCCC(=O)OC[C@H](COC(=O)CCCCCCCCCCCC)OC(=O)CCCCCCCCCCCCCCC(C)C. The van der Waals surface area contributed by atoms with Crippen LogP contribution in [0.15, 0.2) is 0 Å². The van der Waals surface area contributed by atoms with Gasteiger partial charge in [-0.25, -0.2) is 0 Å². The summed E-state index contributed by atoms with van der Waals surface area (Å²) in [6.45, 7) is 9.01. The Labute approximate surface area is 355 Å². The number of carbonyl (C=O) groups is 3. The Morgan fingerprint density at radius 2 is 0.579 bits per heavy atom. The quantitative estimate of drug-likeness (QED) is 0.0346. The van der Waals surface area contributed by atoms with Crippen molar-refractivity contribution in [2.24, 2.45) is 5.92 Å². The van der Waals surface area contributed by atoms with E-state index in [1.165, 1.54) is 180 Å². The van der Waals surface area contributed by atoms with Gasteiger partial charge in [-0.1, -0.05) is 246 Å². The molecule has 0 rings (SSSR count). The van der Waals surface area contributed by atoms with Crippen molar-refractivity contribution >= 4 is 17.9 Å². The van der Waals surface area contributed by atoms with Crippen molar-refractivity contribution in [3.8, 4) is 0 Å². The minimum Gasteiger partial charge on any atom is -0.462 e. The summed E-state index contributed by atoms with van der Waals surface area (Å²) in [6.07, 6.45) is 46.5. The van der Waals surface area contributed by atoms with Gasteiger partial charge in [-0.2, -0.15) is 0 Å². The fourth-order valence-electron chi connectivity index (χ4n) is 7.69. The summed E-state index contributed by atoms with van der Waals surface area (Å²) in [4.78, 5) is 37.9. The standard InChI is InChI=1S/C51H98O6/c1-5-7-9-11-13-15-17-18-19-23-27-31-35-39-43-50(53)56-46-48(45-55-49(52)42-38-34-30-26-16-14-12-10-8-6-2)57-51(54)44-40-36-32-28-24-21-20-22-25-29-33-37-41-47(3)4/h47-48H,5-46H2,1-4H3/t48-/m0/s1. The molecule has 0 saturated carbocycles. The van der Waals surface area contributed by atoms with Crippen LogP contribution in [-0.4, -0.2) is 37.2 Å². The molecule has 6 nitrogen and oxygen atoms in total. The van der Waals surface area contributed by atoms with Crippen LogP contribution in [0.4, 0.5) is 0 Å². The van der Waals surface area contributed by atoms with E-state index in [0.717, 1.165) is 63.7 Å². The average Bonchev–Trinajstić information content (AvgIpc) is 3.19. The largest absolute Gasteiger partial charge is 0.462 e. The van der Waals surface area contributed by atoms with Gasteiger partial charge in [0.1, 0.15) is 13.2 Å². The molecule has 0 saturated heterocycles. The number of hydrogen-bond donors (Lipinski definition) is 0. The number of rotatable bonds is 46. The minimum atomic E-state index is -0.760. The number of hydrogen-bond acceptors (Lipinski definition) is 6. The number of esters is 3. The summed E-state index contributed by atoms with van der Waals surface area (Å²) >= 11 is 0. The van der Waals surface area contributed by atoms with Gasteiger partial charge in [-0.15, -0.1) is 0 Å². The highest BCUT2D eigenvalue weighted by Crippen LogP contribution is 2.17. The molecule has 0 spiro atoms. The highest BCUT2D eigenvalue weighted by atomic mass is 16.6. The Bertz CT molecular complexity index is 857. The van der Waals surface area contributed by atoms with E-state index >= 15 is 0 Å². The summed E-state index contributed by atoms with van der Waals surface area (Å²) < 4.78 is 16.8. The Hall–Kier alpha value is -1.59. The molecular formula is C51H98O6. The third-order valence-electron chi connectivity index (χ3n) is 11.5. The summed E-state index contributed by atoms with van der Waals surface area (Å²) in [6, 6.07) is 0. The number of ether oxygens (including phenoxy) is 3. The normalized spacial score (nSPS) is 11.9. The molecule has 57 heavy (non-hydrogen) atoms. The minimum absolute atomic E-state index is 0.0628. The van der Waals surface area contributed by atoms with E-state index < -0.39 is 6.10 Å². The highest BCUT2D eigenvalue weighted by molar-refractivity contribution is 5.71. The van der Waals surface area contributed by atoms with Gasteiger partial charge in [0.15, 0.2) is 6.10 Å².